The first-order valence-corrected chi connectivity index (χ1v) is 8.34. The zero-order valence-electron chi connectivity index (χ0n) is 13.8. The van der Waals surface area contributed by atoms with Crippen LogP contribution in [-0.4, -0.2) is 30.9 Å². The number of carbonyl (C=O) groups is 1. The van der Waals surface area contributed by atoms with Crippen molar-refractivity contribution in [1.82, 2.24) is 10.2 Å². The Morgan fingerprint density at radius 3 is 2.46 bits per heavy atom. The van der Waals surface area contributed by atoms with Crippen LogP contribution in [0.25, 0.3) is 0 Å². The number of amides is 1. The first-order valence-electron chi connectivity index (χ1n) is 7.55. The van der Waals surface area contributed by atoms with E-state index in [1.807, 2.05) is 37.4 Å². The van der Waals surface area contributed by atoms with Gasteiger partial charge in [0.1, 0.15) is 0 Å². The van der Waals surface area contributed by atoms with Crippen LogP contribution in [0.2, 0.25) is 0 Å². The highest BCUT2D eigenvalue weighted by atomic mass is 79.9. The van der Waals surface area contributed by atoms with Crippen molar-refractivity contribution in [2.45, 2.75) is 13.1 Å². The molecule has 0 spiro atoms. The molecule has 0 bridgehead atoms. The Kier molecular flexibility index (Phi) is 6.37. The Morgan fingerprint density at radius 2 is 1.88 bits per heavy atom. The number of nitrogens with two attached hydrogens (primary N) is 1. The second-order valence-corrected chi connectivity index (χ2v) is 6.26. The zero-order chi connectivity index (χ0) is 17.5. The van der Waals surface area contributed by atoms with Crippen LogP contribution in [0.15, 0.2) is 58.0 Å². The summed E-state index contributed by atoms with van der Waals surface area (Å²) in [5, 5.41) is 3.32. The molecule has 0 heterocycles. The minimum Gasteiger partial charge on any atom is -0.366 e. The first kappa shape index (κ1) is 18.0. The van der Waals surface area contributed by atoms with E-state index >= 15 is 0 Å². The van der Waals surface area contributed by atoms with Crippen LogP contribution in [0.5, 0.6) is 0 Å². The molecule has 0 fully saturated rings. The third kappa shape index (κ3) is 4.83. The van der Waals surface area contributed by atoms with Gasteiger partial charge in [0, 0.05) is 37.2 Å². The average molecular weight is 389 g/mol. The standard InChI is InChI=1S/C18H21BrN4O/c1-21-18(23(2)12-15-5-3-4-6-16(15)19)22-11-13-7-9-14(10-8-13)17(20)24/h3-10H,11-12H2,1-2H3,(H2,20,24)(H,21,22). The number of guanidine groups is 1. The fourth-order valence-corrected chi connectivity index (χ4v) is 2.72. The van der Waals surface area contributed by atoms with Crippen molar-refractivity contribution in [3.8, 4) is 0 Å². The molecule has 0 saturated carbocycles. The second-order valence-electron chi connectivity index (χ2n) is 5.41. The zero-order valence-corrected chi connectivity index (χ0v) is 15.4. The lowest BCUT2D eigenvalue weighted by atomic mass is 10.1. The lowest BCUT2D eigenvalue weighted by Crippen LogP contribution is -2.38. The monoisotopic (exact) mass is 388 g/mol. The predicted octanol–water partition coefficient (Wildman–Crippen LogP) is 2.76. The van der Waals surface area contributed by atoms with Crippen LogP contribution in [-0.2, 0) is 13.1 Å². The summed E-state index contributed by atoms with van der Waals surface area (Å²) in [7, 11) is 3.75. The van der Waals surface area contributed by atoms with Gasteiger partial charge >= 0.3 is 0 Å². The number of rotatable bonds is 5. The van der Waals surface area contributed by atoms with Crippen molar-refractivity contribution < 1.29 is 4.79 Å². The number of aliphatic imine (C=N–C) groups is 1. The maximum absolute atomic E-state index is 11.1. The number of carbonyl (C=O) groups excluding carboxylic acids is 1. The van der Waals surface area contributed by atoms with Gasteiger partial charge in [-0.1, -0.05) is 46.3 Å². The number of nitrogens with zero attached hydrogens (tertiary/aromatic N) is 2. The summed E-state index contributed by atoms with van der Waals surface area (Å²) in [6.45, 7) is 1.35. The van der Waals surface area contributed by atoms with E-state index in [9.17, 15) is 4.79 Å². The van der Waals surface area contributed by atoms with Gasteiger partial charge in [-0.05, 0) is 29.3 Å². The Hall–Kier alpha value is -2.34. The number of nitrogens with one attached hydrogen (secondary N) is 1. The van der Waals surface area contributed by atoms with E-state index in [1.165, 1.54) is 5.56 Å². The molecule has 0 aliphatic heterocycles. The highest BCUT2D eigenvalue weighted by molar-refractivity contribution is 9.10. The molecule has 2 aromatic rings. The topological polar surface area (TPSA) is 70.7 Å². The molecular weight excluding hydrogens is 368 g/mol. The smallest absolute Gasteiger partial charge is 0.248 e. The van der Waals surface area contributed by atoms with Gasteiger partial charge in [0.2, 0.25) is 5.91 Å². The largest absolute Gasteiger partial charge is 0.366 e. The molecular formula is C18H21BrN4O. The number of hydrogen-bond acceptors (Lipinski definition) is 2. The molecule has 1 amide bonds. The van der Waals surface area contributed by atoms with E-state index in [4.69, 9.17) is 5.73 Å². The maximum atomic E-state index is 11.1. The second kappa shape index (κ2) is 8.49. The van der Waals surface area contributed by atoms with Crippen molar-refractivity contribution in [2.75, 3.05) is 14.1 Å². The third-order valence-corrected chi connectivity index (χ3v) is 4.40. The Labute approximate surface area is 150 Å². The molecule has 0 atom stereocenters. The Morgan fingerprint density at radius 1 is 1.21 bits per heavy atom. The summed E-state index contributed by atoms with van der Waals surface area (Å²) >= 11 is 3.57. The van der Waals surface area contributed by atoms with E-state index < -0.39 is 5.91 Å². The molecule has 126 valence electrons. The van der Waals surface area contributed by atoms with Gasteiger partial charge in [0.15, 0.2) is 5.96 Å². The van der Waals surface area contributed by atoms with Crippen LogP contribution in [0, 0.1) is 0 Å². The van der Waals surface area contributed by atoms with Gasteiger partial charge in [0.05, 0.1) is 0 Å². The van der Waals surface area contributed by atoms with Crippen LogP contribution in [0.1, 0.15) is 21.5 Å². The van der Waals surface area contributed by atoms with Crippen molar-refractivity contribution in [3.63, 3.8) is 0 Å². The molecule has 0 unspecified atom stereocenters. The van der Waals surface area contributed by atoms with Gasteiger partial charge in [-0.25, -0.2) is 0 Å². The molecule has 0 aromatic heterocycles. The maximum Gasteiger partial charge on any atom is 0.248 e. The van der Waals surface area contributed by atoms with E-state index in [0.29, 0.717) is 12.1 Å². The average Bonchev–Trinajstić information content (AvgIpc) is 2.58. The summed E-state index contributed by atoms with van der Waals surface area (Å²) in [6.07, 6.45) is 0. The fourth-order valence-electron chi connectivity index (χ4n) is 2.31. The highest BCUT2D eigenvalue weighted by Gasteiger charge is 2.08. The molecule has 0 radical (unpaired) electrons. The van der Waals surface area contributed by atoms with Crippen LogP contribution in [0.3, 0.4) is 0 Å². The van der Waals surface area contributed by atoms with Crippen LogP contribution < -0.4 is 11.1 Å². The molecule has 24 heavy (non-hydrogen) atoms. The summed E-state index contributed by atoms with van der Waals surface area (Å²) in [5.41, 5.74) is 8.00. The van der Waals surface area contributed by atoms with Crippen LogP contribution in [0.4, 0.5) is 0 Å². The highest BCUT2D eigenvalue weighted by Crippen LogP contribution is 2.17. The van der Waals surface area contributed by atoms with Gasteiger partial charge in [0.25, 0.3) is 0 Å². The van der Waals surface area contributed by atoms with Gasteiger partial charge in [-0.3, -0.25) is 9.79 Å². The molecule has 5 nitrogen and oxygen atoms in total. The van der Waals surface area contributed by atoms with E-state index in [-0.39, 0.29) is 0 Å². The normalized spacial score (nSPS) is 11.2. The van der Waals surface area contributed by atoms with Crippen molar-refractivity contribution in [1.29, 1.82) is 0 Å². The number of primary amides is 1. The first-order chi connectivity index (χ1) is 11.5. The molecule has 0 aliphatic carbocycles. The van der Waals surface area contributed by atoms with E-state index in [1.54, 1.807) is 19.2 Å². The fraction of sp³-hybridized carbons (Fsp3) is 0.222. The van der Waals surface area contributed by atoms with Gasteiger partial charge in [-0.2, -0.15) is 0 Å². The minimum absolute atomic E-state index is 0.418. The SMILES string of the molecule is CN=C(NCc1ccc(C(N)=O)cc1)N(C)Cc1ccccc1Br. The molecule has 3 N–H and O–H groups in total. The van der Waals surface area contributed by atoms with Crippen molar-refractivity contribution in [2.24, 2.45) is 10.7 Å². The Balaban J connectivity index is 1.96. The Bertz CT molecular complexity index is 728. The van der Waals surface area contributed by atoms with E-state index in [0.717, 1.165) is 22.5 Å². The summed E-state index contributed by atoms with van der Waals surface area (Å²) in [6, 6.07) is 15.3. The molecule has 2 rings (SSSR count). The van der Waals surface area contributed by atoms with Gasteiger partial charge in [-0.15, -0.1) is 0 Å². The molecule has 2 aromatic carbocycles. The lowest BCUT2D eigenvalue weighted by molar-refractivity contribution is 0.100. The van der Waals surface area contributed by atoms with Crippen molar-refractivity contribution >= 4 is 27.8 Å². The lowest BCUT2D eigenvalue weighted by Gasteiger charge is -2.22. The quantitative estimate of drug-likeness (QED) is 0.610. The number of hydrogen-bond donors (Lipinski definition) is 2. The van der Waals surface area contributed by atoms with Crippen LogP contribution >= 0.6 is 15.9 Å². The number of halogens is 1. The van der Waals surface area contributed by atoms with Gasteiger partial charge < -0.3 is 16.0 Å². The summed E-state index contributed by atoms with van der Waals surface area (Å²) < 4.78 is 1.08. The minimum atomic E-state index is -0.418. The third-order valence-electron chi connectivity index (χ3n) is 3.63. The molecule has 0 saturated heterocycles. The summed E-state index contributed by atoms with van der Waals surface area (Å²) in [4.78, 5) is 17.5. The van der Waals surface area contributed by atoms with E-state index in [2.05, 4.69) is 37.2 Å². The summed E-state index contributed by atoms with van der Waals surface area (Å²) in [5.74, 6) is 0.378. The molecule has 0 aliphatic rings. The number of benzene rings is 2. The van der Waals surface area contributed by atoms with Crippen molar-refractivity contribution in [3.05, 3.63) is 69.7 Å². The molecule has 6 heteroatoms. The predicted molar refractivity (Wildman–Crippen MR) is 101 cm³/mol.